The van der Waals surface area contributed by atoms with Crippen LogP contribution in [0.15, 0.2) is 35.4 Å². The molecule has 0 aliphatic heterocycles. The number of carbonyl (C=O) groups is 1. The molecule has 0 spiro atoms. The number of aromatic nitrogens is 2. The highest BCUT2D eigenvalue weighted by molar-refractivity contribution is 7.89. The normalized spacial score (nSPS) is 11.8. The van der Waals surface area contributed by atoms with E-state index in [1.165, 1.54) is 13.0 Å². The summed E-state index contributed by atoms with van der Waals surface area (Å²) in [4.78, 5) is 15.3. The Morgan fingerprint density at radius 1 is 1.31 bits per heavy atom. The largest absolute Gasteiger partial charge is 0.481 e. The van der Waals surface area contributed by atoms with Crippen molar-refractivity contribution in [1.29, 1.82) is 0 Å². The van der Waals surface area contributed by atoms with Crippen molar-refractivity contribution in [3.8, 4) is 11.3 Å². The van der Waals surface area contributed by atoms with Crippen molar-refractivity contribution in [2.75, 3.05) is 0 Å². The second-order valence-electron chi connectivity index (χ2n) is 6.05. The molecule has 0 aliphatic carbocycles. The van der Waals surface area contributed by atoms with Crippen molar-refractivity contribution in [3.05, 3.63) is 53.1 Å². The van der Waals surface area contributed by atoms with Crippen LogP contribution < -0.4 is 5.14 Å². The highest BCUT2D eigenvalue weighted by atomic mass is 32.2. The lowest BCUT2D eigenvalue weighted by atomic mass is 10.0. The van der Waals surface area contributed by atoms with Crippen LogP contribution in [0.4, 0.5) is 4.39 Å². The summed E-state index contributed by atoms with van der Waals surface area (Å²) in [5.41, 5.74) is 2.20. The molecule has 3 N–H and O–H groups in total. The van der Waals surface area contributed by atoms with Gasteiger partial charge in [-0.05, 0) is 49.2 Å². The molecule has 0 radical (unpaired) electrons. The number of carboxylic acid groups (broad SMARTS) is 1. The van der Waals surface area contributed by atoms with Crippen LogP contribution in [0.1, 0.15) is 16.8 Å². The Morgan fingerprint density at radius 2 is 2.00 bits per heavy atom. The zero-order valence-electron chi connectivity index (χ0n) is 14.0. The second kappa shape index (κ2) is 6.19. The molecule has 0 fully saturated rings. The van der Waals surface area contributed by atoms with E-state index in [1.54, 1.807) is 22.7 Å². The maximum Gasteiger partial charge on any atom is 0.309 e. The second-order valence-corrected chi connectivity index (χ2v) is 7.61. The molecule has 0 amide bonds. The van der Waals surface area contributed by atoms with Gasteiger partial charge in [0.1, 0.15) is 11.5 Å². The summed E-state index contributed by atoms with van der Waals surface area (Å²) in [5, 5.41) is 14.3. The zero-order valence-corrected chi connectivity index (χ0v) is 14.8. The monoisotopic (exact) mass is 377 g/mol. The highest BCUT2D eigenvalue weighted by Crippen LogP contribution is 2.32. The van der Waals surface area contributed by atoms with Crippen molar-refractivity contribution in [2.24, 2.45) is 5.14 Å². The van der Waals surface area contributed by atoms with Crippen LogP contribution in [0.3, 0.4) is 0 Å². The number of halogens is 1. The molecule has 3 aromatic rings. The average molecular weight is 377 g/mol. The summed E-state index contributed by atoms with van der Waals surface area (Å²) >= 11 is 0. The molecular formula is C17H16FN3O4S. The van der Waals surface area contributed by atoms with E-state index in [2.05, 4.69) is 4.98 Å². The van der Waals surface area contributed by atoms with Gasteiger partial charge in [0.15, 0.2) is 0 Å². The topological polar surface area (TPSA) is 115 Å². The highest BCUT2D eigenvalue weighted by Gasteiger charge is 2.23. The van der Waals surface area contributed by atoms with Gasteiger partial charge in [-0.3, -0.25) is 4.79 Å². The van der Waals surface area contributed by atoms with E-state index in [4.69, 9.17) is 5.14 Å². The van der Waals surface area contributed by atoms with Gasteiger partial charge in [0.25, 0.3) is 0 Å². The number of nitrogens with two attached hydrogens (primary N) is 1. The molecule has 136 valence electrons. The summed E-state index contributed by atoms with van der Waals surface area (Å²) < 4.78 is 39.3. The van der Waals surface area contributed by atoms with Crippen molar-refractivity contribution in [2.45, 2.75) is 25.2 Å². The third-order valence-electron chi connectivity index (χ3n) is 4.03. The van der Waals surface area contributed by atoms with Crippen molar-refractivity contribution < 1.29 is 22.7 Å². The Balaban J connectivity index is 2.33. The molecule has 3 rings (SSSR count). The Morgan fingerprint density at radius 3 is 2.58 bits per heavy atom. The number of primary sulfonamides is 1. The minimum atomic E-state index is -4.07. The van der Waals surface area contributed by atoms with Gasteiger partial charge in [0.2, 0.25) is 10.0 Å². The molecule has 0 saturated carbocycles. The smallest absolute Gasteiger partial charge is 0.309 e. The number of pyridine rings is 1. The number of aliphatic carboxylic acids is 1. The lowest BCUT2D eigenvalue weighted by molar-refractivity contribution is -0.136. The first kappa shape index (κ1) is 18.0. The number of fused-ring (bicyclic) bond motifs is 1. The van der Waals surface area contributed by atoms with Crippen molar-refractivity contribution in [3.63, 3.8) is 0 Å². The van der Waals surface area contributed by atoms with E-state index in [-0.39, 0.29) is 22.6 Å². The van der Waals surface area contributed by atoms with Gasteiger partial charge in [-0.15, -0.1) is 0 Å². The molecular weight excluding hydrogens is 361 g/mol. The maximum absolute atomic E-state index is 14.7. The molecule has 26 heavy (non-hydrogen) atoms. The lowest BCUT2D eigenvalue weighted by Gasteiger charge is -2.09. The first-order valence-electron chi connectivity index (χ1n) is 7.60. The van der Waals surface area contributed by atoms with Gasteiger partial charge in [0.05, 0.1) is 22.7 Å². The average Bonchev–Trinajstić information content (AvgIpc) is 2.82. The number of carboxylic acids is 1. The molecule has 0 atom stereocenters. The lowest BCUT2D eigenvalue weighted by Crippen LogP contribution is -2.13. The van der Waals surface area contributed by atoms with Crippen LogP contribution >= 0.6 is 0 Å². The number of aryl methyl sites for hydroxylation is 2. The quantitative estimate of drug-likeness (QED) is 0.722. The van der Waals surface area contributed by atoms with Crippen LogP contribution in [0.25, 0.3) is 16.9 Å². The minimum Gasteiger partial charge on any atom is -0.481 e. The number of sulfonamides is 1. The van der Waals surface area contributed by atoms with Crippen molar-refractivity contribution >= 4 is 21.6 Å². The molecule has 0 bridgehead atoms. The van der Waals surface area contributed by atoms with E-state index < -0.39 is 21.8 Å². The fraction of sp³-hybridized carbons (Fsp3) is 0.176. The number of hydrogen-bond donors (Lipinski definition) is 2. The molecule has 9 heteroatoms. The Bertz CT molecular complexity index is 1130. The molecule has 7 nitrogen and oxygen atoms in total. The molecule has 0 saturated heterocycles. The number of rotatable bonds is 4. The number of benzene rings is 1. The third kappa shape index (κ3) is 3.18. The fourth-order valence-corrected chi connectivity index (χ4v) is 3.50. The number of imidazole rings is 1. The van der Waals surface area contributed by atoms with E-state index in [1.807, 2.05) is 6.92 Å². The van der Waals surface area contributed by atoms with Crippen molar-refractivity contribution in [1.82, 2.24) is 9.38 Å². The minimum absolute atomic E-state index is 0.0509. The van der Waals surface area contributed by atoms with Crippen LogP contribution in [-0.4, -0.2) is 28.9 Å². The molecule has 2 heterocycles. The van der Waals surface area contributed by atoms with Crippen LogP contribution in [0.5, 0.6) is 0 Å². The molecule has 1 aromatic carbocycles. The summed E-state index contributed by atoms with van der Waals surface area (Å²) in [6.45, 7) is 3.38. The molecule has 0 aliphatic rings. The predicted molar refractivity (Wildman–Crippen MR) is 92.8 cm³/mol. The van der Waals surface area contributed by atoms with Gasteiger partial charge >= 0.3 is 5.97 Å². The van der Waals surface area contributed by atoms with Crippen LogP contribution in [0.2, 0.25) is 0 Å². The van der Waals surface area contributed by atoms with Gasteiger partial charge in [-0.2, -0.15) is 0 Å². The third-order valence-corrected chi connectivity index (χ3v) is 4.92. The Labute approximate surface area is 149 Å². The first-order valence-corrected chi connectivity index (χ1v) is 9.15. The number of hydrogen-bond acceptors (Lipinski definition) is 4. The fourth-order valence-electron chi connectivity index (χ4n) is 2.89. The maximum atomic E-state index is 14.7. The number of nitrogens with zero attached hydrogens (tertiary/aromatic N) is 2. The van der Waals surface area contributed by atoms with Gasteiger partial charge in [-0.1, -0.05) is 0 Å². The SMILES string of the molecule is Cc1ccn2c(CC(=O)O)c(-c3c(C)cc(S(N)(=O)=O)cc3F)nc2c1. The predicted octanol–water partition coefficient (Wildman–Crippen LogP) is 2.03. The standard InChI is InChI=1S/C17H16FN3O4S/c1-9-3-4-21-13(8-15(22)23)17(20-14(21)5-9)16-10(2)6-11(7-12(16)18)26(19,24)25/h3-7H,8H2,1-2H3,(H,22,23)(H2,19,24,25). The summed E-state index contributed by atoms with van der Waals surface area (Å²) in [6.07, 6.45) is 1.31. The molecule has 2 aromatic heterocycles. The molecule has 0 unspecified atom stereocenters. The summed E-state index contributed by atoms with van der Waals surface area (Å²) in [5.74, 6) is -1.92. The first-order chi connectivity index (χ1) is 12.1. The Kier molecular flexibility index (Phi) is 4.29. The van der Waals surface area contributed by atoms with Crippen LogP contribution in [-0.2, 0) is 21.2 Å². The van der Waals surface area contributed by atoms with E-state index in [0.29, 0.717) is 16.9 Å². The van der Waals surface area contributed by atoms with E-state index in [9.17, 15) is 22.7 Å². The van der Waals surface area contributed by atoms with Gasteiger partial charge in [0, 0.05) is 11.8 Å². The summed E-state index contributed by atoms with van der Waals surface area (Å²) in [6, 6.07) is 5.60. The van der Waals surface area contributed by atoms with E-state index >= 15 is 0 Å². The van der Waals surface area contributed by atoms with E-state index in [0.717, 1.165) is 11.6 Å². The van der Waals surface area contributed by atoms with Gasteiger partial charge in [-0.25, -0.2) is 22.9 Å². The van der Waals surface area contributed by atoms with Crippen LogP contribution in [0, 0.1) is 19.7 Å². The zero-order chi connectivity index (χ0) is 19.2. The summed E-state index contributed by atoms with van der Waals surface area (Å²) in [7, 11) is -4.07. The Hall–Kier alpha value is -2.78. The van der Waals surface area contributed by atoms with Gasteiger partial charge < -0.3 is 9.51 Å².